The van der Waals surface area contributed by atoms with Crippen molar-refractivity contribution in [1.82, 2.24) is 0 Å². The van der Waals surface area contributed by atoms with Gasteiger partial charge in [0, 0.05) is 10.5 Å². The van der Waals surface area contributed by atoms with Gasteiger partial charge in [-0.2, -0.15) is 0 Å². The summed E-state index contributed by atoms with van der Waals surface area (Å²) in [6, 6.07) is 14.8. The van der Waals surface area contributed by atoms with Crippen molar-refractivity contribution in [3.63, 3.8) is 0 Å². The number of rotatable bonds is 6. The Labute approximate surface area is 152 Å². The standard InChI is InChI=1S/C18H19N3O4Si/c1-26(2,3)25-18(23)15-12-8-7-11-14(15)16(20-21-19)24-17(22)13-9-5-4-6-10-13/h4-12,16H,1-3H3. The lowest BCUT2D eigenvalue weighted by molar-refractivity contribution is 0.0306. The van der Waals surface area contributed by atoms with E-state index in [9.17, 15) is 9.59 Å². The second kappa shape index (κ2) is 8.33. The molecule has 7 nitrogen and oxygen atoms in total. The number of nitrogens with zero attached hydrogens (tertiary/aromatic N) is 3. The predicted octanol–water partition coefficient (Wildman–Crippen LogP) is 4.84. The third-order valence-corrected chi connectivity index (χ3v) is 4.03. The minimum absolute atomic E-state index is 0.202. The normalized spacial score (nSPS) is 11.8. The van der Waals surface area contributed by atoms with Crippen molar-refractivity contribution in [2.75, 3.05) is 0 Å². The van der Waals surface area contributed by atoms with Crippen LogP contribution in [0.1, 0.15) is 32.5 Å². The number of hydrogen-bond acceptors (Lipinski definition) is 5. The molecule has 26 heavy (non-hydrogen) atoms. The highest BCUT2D eigenvalue weighted by molar-refractivity contribution is 6.71. The molecule has 0 spiro atoms. The van der Waals surface area contributed by atoms with Crippen LogP contribution in [0.5, 0.6) is 0 Å². The average Bonchev–Trinajstić information content (AvgIpc) is 2.60. The van der Waals surface area contributed by atoms with Gasteiger partial charge in [-0.1, -0.05) is 36.4 Å². The minimum atomic E-state index is -2.12. The average molecular weight is 369 g/mol. The Morgan fingerprint density at radius 1 is 1.00 bits per heavy atom. The van der Waals surface area contributed by atoms with E-state index in [1.165, 1.54) is 0 Å². The third-order valence-electron chi connectivity index (χ3n) is 3.23. The summed E-state index contributed by atoms with van der Waals surface area (Å²) in [5.74, 6) is -1.19. The van der Waals surface area contributed by atoms with Crippen molar-refractivity contribution >= 4 is 20.3 Å². The van der Waals surface area contributed by atoms with Gasteiger partial charge in [0.05, 0.1) is 11.1 Å². The quantitative estimate of drug-likeness (QED) is 0.239. The number of hydrogen-bond donors (Lipinski definition) is 0. The Hall–Kier alpha value is -3.09. The van der Waals surface area contributed by atoms with Gasteiger partial charge in [0.1, 0.15) is 0 Å². The zero-order chi connectivity index (χ0) is 19.2. The van der Waals surface area contributed by atoms with E-state index >= 15 is 0 Å². The molecule has 2 aromatic carbocycles. The molecule has 0 aliphatic rings. The number of benzene rings is 2. The molecule has 0 aliphatic heterocycles. The summed E-state index contributed by atoms with van der Waals surface area (Å²) in [5, 5.41) is 3.54. The van der Waals surface area contributed by atoms with Gasteiger partial charge < -0.3 is 9.16 Å². The lowest BCUT2D eigenvalue weighted by Crippen LogP contribution is -2.30. The highest BCUT2D eigenvalue weighted by Gasteiger charge is 2.26. The molecule has 0 aromatic heterocycles. The number of azide groups is 1. The van der Waals surface area contributed by atoms with E-state index in [1.807, 2.05) is 19.6 Å². The van der Waals surface area contributed by atoms with Crippen LogP contribution in [-0.4, -0.2) is 20.3 Å². The Balaban J connectivity index is 2.34. The summed E-state index contributed by atoms with van der Waals surface area (Å²) in [6.45, 7) is 5.65. The Kier molecular flexibility index (Phi) is 6.16. The van der Waals surface area contributed by atoms with Crippen LogP contribution < -0.4 is 0 Å². The molecule has 8 heteroatoms. The van der Waals surface area contributed by atoms with E-state index in [2.05, 4.69) is 10.0 Å². The first kappa shape index (κ1) is 19.2. The van der Waals surface area contributed by atoms with Crippen LogP contribution in [0.3, 0.4) is 0 Å². The van der Waals surface area contributed by atoms with Crippen LogP contribution in [0.4, 0.5) is 0 Å². The molecule has 134 valence electrons. The van der Waals surface area contributed by atoms with Gasteiger partial charge in [-0.05, 0) is 48.5 Å². The molecule has 1 atom stereocenters. The van der Waals surface area contributed by atoms with Gasteiger partial charge in [-0.3, -0.25) is 0 Å². The molecule has 0 N–H and O–H groups in total. The Bertz CT molecular complexity index is 843. The number of esters is 1. The molecule has 1 unspecified atom stereocenters. The van der Waals surface area contributed by atoms with Crippen LogP contribution in [0, 0.1) is 0 Å². The van der Waals surface area contributed by atoms with Gasteiger partial charge >= 0.3 is 11.9 Å². The van der Waals surface area contributed by atoms with Crippen LogP contribution in [0.15, 0.2) is 59.7 Å². The molecular weight excluding hydrogens is 350 g/mol. The summed E-state index contributed by atoms with van der Waals surface area (Å²) < 4.78 is 10.8. The monoisotopic (exact) mass is 369 g/mol. The molecule has 0 fully saturated rings. The van der Waals surface area contributed by atoms with Crippen molar-refractivity contribution in [2.24, 2.45) is 5.11 Å². The molecule has 2 aromatic rings. The molecular formula is C18H19N3O4Si. The fourth-order valence-corrected chi connectivity index (χ4v) is 2.84. The molecule has 0 saturated carbocycles. The van der Waals surface area contributed by atoms with E-state index in [0.717, 1.165) is 0 Å². The third kappa shape index (κ3) is 5.20. The fourth-order valence-electron chi connectivity index (χ4n) is 2.17. The van der Waals surface area contributed by atoms with Crippen molar-refractivity contribution in [3.05, 3.63) is 81.7 Å². The van der Waals surface area contributed by atoms with Crippen molar-refractivity contribution in [3.8, 4) is 0 Å². The van der Waals surface area contributed by atoms with Crippen molar-refractivity contribution in [2.45, 2.75) is 25.9 Å². The number of ether oxygens (including phenoxy) is 1. The Morgan fingerprint density at radius 2 is 1.62 bits per heavy atom. The lowest BCUT2D eigenvalue weighted by atomic mass is 10.1. The highest BCUT2D eigenvalue weighted by atomic mass is 28.4. The first-order chi connectivity index (χ1) is 12.3. The predicted molar refractivity (Wildman–Crippen MR) is 98.9 cm³/mol. The smallest absolute Gasteiger partial charge is 0.338 e. The van der Waals surface area contributed by atoms with E-state index in [0.29, 0.717) is 5.56 Å². The van der Waals surface area contributed by atoms with Crippen LogP contribution in [0.25, 0.3) is 10.4 Å². The van der Waals surface area contributed by atoms with Gasteiger partial charge in [-0.25, -0.2) is 9.59 Å². The maximum atomic E-state index is 12.5. The van der Waals surface area contributed by atoms with E-state index < -0.39 is 26.5 Å². The maximum Gasteiger partial charge on any atom is 0.338 e. The van der Waals surface area contributed by atoms with Gasteiger partial charge in [0.15, 0.2) is 0 Å². The minimum Gasteiger partial charge on any atom is -0.516 e. The maximum absolute atomic E-state index is 12.5. The molecule has 0 bridgehead atoms. The molecule has 0 aliphatic carbocycles. The topological polar surface area (TPSA) is 101 Å². The summed E-state index contributed by atoms with van der Waals surface area (Å²) in [6.07, 6.45) is -1.28. The second-order valence-electron chi connectivity index (χ2n) is 6.42. The largest absolute Gasteiger partial charge is 0.516 e. The molecule has 0 saturated heterocycles. The highest BCUT2D eigenvalue weighted by Crippen LogP contribution is 2.26. The summed E-state index contributed by atoms with van der Waals surface area (Å²) in [7, 11) is -2.12. The second-order valence-corrected chi connectivity index (χ2v) is 10.8. The summed E-state index contributed by atoms with van der Waals surface area (Å²) >= 11 is 0. The first-order valence-electron chi connectivity index (χ1n) is 7.94. The summed E-state index contributed by atoms with van der Waals surface area (Å²) in [4.78, 5) is 27.5. The van der Waals surface area contributed by atoms with Crippen LogP contribution in [0.2, 0.25) is 19.6 Å². The van der Waals surface area contributed by atoms with Gasteiger partial charge in [0.25, 0.3) is 0 Å². The zero-order valence-electron chi connectivity index (χ0n) is 14.7. The SMILES string of the molecule is C[Si](C)(C)OC(=O)c1ccccc1C(N=[N+]=[N-])OC(=O)c1ccccc1. The van der Waals surface area contributed by atoms with Crippen molar-refractivity contribution < 1.29 is 18.8 Å². The lowest BCUT2D eigenvalue weighted by Gasteiger charge is -2.20. The molecule has 0 heterocycles. The van der Waals surface area contributed by atoms with Crippen LogP contribution >= 0.6 is 0 Å². The van der Waals surface area contributed by atoms with Gasteiger partial charge in [0.2, 0.25) is 14.5 Å². The van der Waals surface area contributed by atoms with E-state index in [4.69, 9.17) is 14.7 Å². The number of carbonyl (C=O) groups is 2. The molecule has 0 radical (unpaired) electrons. The number of carbonyl (C=O) groups excluding carboxylic acids is 2. The molecule has 0 amide bonds. The van der Waals surface area contributed by atoms with Crippen LogP contribution in [-0.2, 0) is 9.16 Å². The summed E-state index contributed by atoms with van der Waals surface area (Å²) in [5.41, 5.74) is 9.65. The zero-order valence-corrected chi connectivity index (χ0v) is 15.7. The Morgan fingerprint density at radius 3 is 2.23 bits per heavy atom. The van der Waals surface area contributed by atoms with Crippen molar-refractivity contribution in [1.29, 1.82) is 0 Å². The fraction of sp³-hybridized carbons (Fsp3) is 0.222. The molecule has 2 rings (SSSR count). The first-order valence-corrected chi connectivity index (χ1v) is 11.3. The van der Waals surface area contributed by atoms with E-state index in [1.54, 1.807) is 54.6 Å². The van der Waals surface area contributed by atoms with Gasteiger partial charge in [-0.15, -0.1) is 0 Å². The van der Waals surface area contributed by atoms with E-state index in [-0.39, 0.29) is 11.1 Å².